The standard InChI is InChI=1S/C21H19N2.C17H17N2.Ir/c1-20(2)16-11-7-10-14-13-8-5-6-9-15(13)19-22-12-17(21(20,3)4)23(19)18(14)16;1-17(2,14-9-5-4-6-10-14)19-13-18(3)15-11-7-8-12-16(15)19;/h5-8,10-12H,1-4H3;4-9,11-12H,1-3H3;/q2*-1;+3/i;3D3;. The molecule has 8 rings (SSSR count). The van der Waals surface area contributed by atoms with Gasteiger partial charge >= 0.3 is 20.1 Å². The summed E-state index contributed by atoms with van der Waals surface area (Å²) in [4.78, 5) is 4.79. The third kappa shape index (κ3) is 4.12. The first-order valence-electron chi connectivity index (χ1n) is 15.9. The van der Waals surface area contributed by atoms with Crippen LogP contribution in [-0.4, -0.2) is 14.0 Å². The molecule has 0 amide bonds. The summed E-state index contributed by atoms with van der Waals surface area (Å²) < 4.78 is 28.6. The van der Waals surface area contributed by atoms with Crippen molar-refractivity contribution in [3.05, 3.63) is 126 Å². The van der Waals surface area contributed by atoms with Crippen LogP contribution in [0.25, 0.3) is 38.4 Å². The molecule has 7 aromatic rings. The van der Waals surface area contributed by atoms with Crippen molar-refractivity contribution in [2.24, 2.45) is 6.98 Å². The van der Waals surface area contributed by atoms with Crippen LogP contribution < -0.4 is 4.57 Å². The number of nitrogens with zero attached hydrogens (tertiary/aromatic N) is 4. The molecule has 4 heterocycles. The molecule has 0 atom stereocenters. The van der Waals surface area contributed by atoms with Gasteiger partial charge in [0.25, 0.3) is 0 Å². The van der Waals surface area contributed by atoms with Crippen LogP contribution in [0, 0.1) is 18.5 Å². The average molecular weight is 744 g/mol. The molecule has 0 N–H and O–H groups in total. The molecule has 0 spiro atoms. The molecule has 0 saturated heterocycles. The fraction of sp³-hybridized carbons (Fsp3) is 0.263. The molecule has 1 aliphatic rings. The third-order valence-corrected chi connectivity index (χ3v) is 9.76. The molecule has 3 aromatic heterocycles. The van der Waals surface area contributed by atoms with Gasteiger partial charge in [0.15, 0.2) is 0 Å². The molecule has 1 aliphatic heterocycles. The van der Waals surface area contributed by atoms with Crippen LogP contribution in [0.4, 0.5) is 0 Å². The van der Waals surface area contributed by atoms with Gasteiger partial charge in [0.1, 0.15) is 0 Å². The van der Waals surface area contributed by atoms with Crippen LogP contribution >= 0.6 is 0 Å². The zero-order valence-corrected chi connectivity index (χ0v) is 27.7. The summed E-state index contributed by atoms with van der Waals surface area (Å²) in [5.41, 5.74) is 7.08. The van der Waals surface area contributed by atoms with Gasteiger partial charge in [-0.15, -0.1) is 35.2 Å². The number of fused-ring (bicyclic) bond motifs is 4. The van der Waals surface area contributed by atoms with Gasteiger partial charge in [-0.05, 0) is 24.8 Å². The molecule has 216 valence electrons. The van der Waals surface area contributed by atoms with Crippen molar-refractivity contribution in [3.63, 3.8) is 0 Å². The molecule has 43 heavy (non-hydrogen) atoms. The quantitative estimate of drug-likeness (QED) is 0.101. The molecular weight excluding hydrogens is 705 g/mol. The van der Waals surface area contributed by atoms with E-state index in [1.54, 1.807) is 6.07 Å². The smallest absolute Gasteiger partial charge is 0.347 e. The Morgan fingerprint density at radius 2 is 1.58 bits per heavy atom. The number of imidazole rings is 2. The Kier molecular flexibility index (Phi) is 6.06. The number of aromatic nitrogens is 4. The molecule has 0 unspecified atom stereocenters. The molecule has 0 aliphatic carbocycles. The number of aryl methyl sites for hydroxylation is 1. The Bertz CT molecular complexity index is 2240. The van der Waals surface area contributed by atoms with Crippen LogP contribution in [-0.2, 0) is 43.5 Å². The van der Waals surface area contributed by atoms with E-state index in [0.29, 0.717) is 5.52 Å². The van der Waals surface area contributed by atoms with Crippen molar-refractivity contribution < 1.29 is 28.8 Å². The zero-order valence-electron chi connectivity index (χ0n) is 28.3. The van der Waals surface area contributed by atoms with Crippen molar-refractivity contribution in [2.75, 3.05) is 0 Å². The predicted molar refractivity (Wildman–Crippen MR) is 171 cm³/mol. The first kappa shape index (κ1) is 25.7. The largest absolute Gasteiger partial charge is 3.00 e. The van der Waals surface area contributed by atoms with E-state index < -0.39 is 12.5 Å². The monoisotopic (exact) mass is 744 g/mol. The van der Waals surface area contributed by atoms with Crippen molar-refractivity contribution in [1.29, 1.82) is 0 Å². The number of pyridine rings is 1. The molecule has 4 nitrogen and oxygen atoms in total. The number of hydrogen-bond donors (Lipinski definition) is 0. The van der Waals surface area contributed by atoms with Gasteiger partial charge in [-0.2, -0.15) is 30.3 Å². The Morgan fingerprint density at radius 1 is 0.837 bits per heavy atom. The minimum absolute atomic E-state index is 0. The molecular formula is C38H36IrN4+. The van der Waals surface area contributed by atoms with E-state index in [-0.39, 0.29) is 30.9 Å². The minimum atomic E-state index is -2.26. The van der Waals surface area contributed by atoms with Gasteiger partial charge in [0.2, 0.25) is 6.33 Å². The summed E-state index contributed by atoms with van der Waals surface area (Å²) in [5.74, 6) is 0. The summed E-state index contributed by atoms with van der Waals surface area (Å²) in [6.45, 7) is 11.2. The maximum Gasteiger partial charge on any atom is 3.00 e. The molecule has 5 heteroatoms. The van der Waals surface area contributed by atoms with E-state index in [1.807, 2.05) is 66.9 Å². The minimum Gasteiger partial charge on any atom is -0.347 e. The summed E-state index contributed by atoms with van der Waals surface area (Å²) >= 11 is 0. The molecule has 0 bridgehead atoms. The van der Waals surface area contributed by atoms with Gasteiger partial charge in [-0.3, -0.25) is 4.98 Å². The second-order valence-electron chi connectivity index (χ2n) is 12.8. The Balaban J connectivity index is 0.000000158. The maximum absolute atomic E-state index is 7.72. The molecule has 0 saturated carbocycles. The summed E-state index contributed by atoms with van der Waals surface area (Å²) in [6, 6.07) is 34.8. The molecule has 0 radical (unpaired) electrons. The second-order valence-corrected chi connectivity index (χ2v) is 12.8. The first-order chi connectivity index (χ1) is 21.3. The van der Waals surface area contributed by atoms with Gasteiger partial charge in [0, 0.05) is 39.3 Å². The van der Waals surface area contributed by atoms with Crippen LogP contribution in [0.3, 0.4) is 0 Å². The summed E-state index contributed by atoms with van der Waals surface area (Å²) in [5, 5.41) is 3.65. The van der Waals surface area contributed by atoms with Crippen molar-refractivity contribution in [3.8, 4) is 0 Å². The fourth-order valence-electron chi connectivity index (χ4n) is 6.58. The normalized spacial score (nSPS) is 16.4. The van der Waals surface area contributed by atoms with Crippen LogP contribution in [0.15, 0.2) is 91.1 Å². The SMILES string of the molecule is CC1(C)c2cccc3c4ccc[c-]c4c4ncc(n4c23)C1(C)C.[2H]C([2H])([2H])[n+]1[c-]n(C(C)(C)c2[c-]cccc2)c2ccccc21.[Ir+3]. The number of hydrogen-bond acceptors (Lipinski definition) is 1. The molecule has 4 aromatic carbocycles. The number of para-hydroxylation sites is 3. The number of rotatable bonds is 2. The van der Waals surface area contributed by atoms with Crippen LogP contribution in [0.5, 0.6) is 0 Å². The summed E-state index contributed by atoms with van der Waals surface area (Å²) in [6.07, 6.45) is 5.08. The van der Waals surface area contributed by atoms with E-state index in [9.17, 15) is 0 Å². The maximum atomic E-state index is 7.72. The first-order valence-corrected chi connectivity index (χ1v) is 14.4. The van der Waals surface area contributed by atoms with Crippen LogP contribution in [0.1, 0.15) is 62.5 Å². The Morgan fingerprint density at radius 3 is 2.35 bits per heavy atom. The van der Waals surface area contributed by atoms with Gasteiger partial charge < -0.3 is 13.5 Å². The predicted octanol–water partition coefficient (Wildman–Crippen LogP) is 7.86. The van der Waals surface area contributed by atoms with Crippen LogP contribution in [0.2, 0.25) is 0 Å². The van der Waals surface area contributed by atoms with E-state index in [0.717, 1.165) is 22.1 Å². The van der Waals surface area contributed by atoms with Gasteiger partial charge in [-0.1, -0.05) is 75.5 Å². The van der Waals surface area contributed by atoms with E-state index in [2.05, 4.69) is 87.1 Å². The molecule has 0 fully saturated rings. The van der Waals surface area contributed by atoms with E-state index in [4.69, 9.17) is 9.10 Å². The Hall–Kier alpha value is -3.79. The van der Waals surface area contributed by atoms with Gasteiger partial charge in [0.05, 0.1) is 22.3 Å². The number of benzene rings is 4. The van der Waals surface area contributed by atoms with E-state index in [1.165, 1.54) is 32.1 Å². The van der Waals surface area contributed by atoms with Crippen molar-refractivity contribution in [1.82, 2.24) is 14.0 Å². The van der Waals surface area contributed by atoms with E-state index >= 15 is 0 Å². The third-order valence-electron chi connectivity index (χ3n) is 9.76. The fourth-order valence-corrected chi connectivity index (χ4v) is 6.58. The van der Waals surface area contributed by atoms with Crippen molar-refractivity contribution in [2.45, 2.75) is 57.9 Å². The Labute approximate surface area is 271 Å². The average Bonchev–Trinajstić information content (AvgIpc) is 3.65. The topological polar surface area (TPSA) is 26.1 Å². The summed E-state index contributed by atoms with van der Waals surface area (Å²) in [7, 11) is 0. The van der Waals surface area contributed by atoms with Crippen molar-refractivity contribution >= 4 is 38.4 Å². The van der Waals surface area contributed by atoms with Gasteiger partial charge in [-0.25, -0.2) is 0 Å². The second kappa shape index (κ2) is 10.1. The zero-order chi connectivity index (χ0) is 31.9.